The van der Waals surface area contributed by atoms with Gasteiger partial charge in [-0.3, -0.25) is 0 Å². The van der Waals surface area contributed by atoms with E-state index in [9.17, 15) is 0 Å². The van der Waals surface area contributed by atoms with Crippen molar-refractivity contribution in [3.05, 3.63) is 23.3 Å². The number of allylic oxidation sites excluding steroid dienone is 3. The Morgan fingerprint density at radius 2 is 2.18 bits per heavy atom. The van der Waals surface area contributed by atoms with E-state index in [-0.39, 0.29) is 0 Å². The van der Waals surface area contributed by atoms with Gasteiger partial charge in [0, 0.05) is 0 Å². The van der Waals surface area contributed by atoms with Crippen molar-refractivity contribution >= 4 is 0 Å². The maximum atomic E-state index is 3.16. The fourth-order valence-electron chi connectivity index (χ4n) is 1.27. The lowest BCUT2D eigenvalue weighted by atomic mass is 9.98. The van der Waals surface area contributed by atoms with E-state index in [0.29, 0.717) is 0 Å². The highest BCUT2D eigenvalue weighted by molar-refractivity contribution is 5.20. The molecular weight excluding hydrogens is 134 g/mol. The SMILES string of the molecule is CNCCC1=CCC(C)=CC1. The molecular formula is C10H17N. The summed E-state index contributed by atoms with van der Waals surface area (Å²) < 4.78 is 0. The maximum absolute atomic E-state index is 3.16. The Morgan fingerprint density at radius 1 is 1.36 bits per heavy atom. The van der Waals surface area contributed by atoms with Gasteiger partial charge in [-0.1, -0.05) is 23.3 Å². The topological polar surface area (TPSA) is 12.0 Å². The van der Waals surface area contributed by atoms with E-state index in [4.69, 9.17) is 0 Å². The molecule has 11 heavy (non-hydrogen) atoms. The first-order valence-electron chi connectivity index (χ1n) is 4.31. The van der Waals surface area contributed by atoms with Gasteiger partial charge < -0.3 is 5.32 Å². The van der Waals surface area contributed by atoms with E-state index in [2.05, 4.69) is 24.4 Å². The van der Waals surface area contributed by atoms with Crippen LogP contribution >= 0.6 is 0 Å². The monoisotopic (exact) mass is 151 g/mol. The molecule has 1 rings (SSSR count). The Kier molecular flexibility index (Phi) is 3.37. The van der Waals surface area contributed by atoms with E-state index in [1.807, 2.05) is 7.05 Å². The van der Waals surface area contributed by atoms with Crippen LogP contribution in [0, 0.1) is 0 Å². The summed E-state index contributed by atoms with van der Waals surface area (Å²) in [6.07, 6.45) is 8.25. The first-order valence-corrected chi connectivity index (χ1v) is 4.31. The van der Waals surface area contributed by atoms with E-state index in [1.54, 1.807) is 5.57 Å². The quantitative estimate of drug-likeness (QED) is 0.610. The van der Waals surface area contributed by atoms with Crippen LogP contribution in [0.3, 0.4) is 0 Å². The number of hydrogen-bond donors (Lipinski definition) is 1. The van der Waals surface area contributed by atoms with Crippen molar-refractivity contribution in [2.45, 2.75) is 26.2 Å². The minimum atomic E-state index is 1.11. The van der Waals surface area contributed by atoms with Crippen molar-refractivity contribution in [1.82, 2.24) is 5.32 Å². The van der Waals surface area contributed by atoms with Crippen LogP contribution in [0.1, 0.15) is 26.2 Å². The molecule has 1 aliphatic carbocycles. The standard InChI is InChI=1S/C10H17N/c1-9-3-5-10(6-4-9)7-8-11-2/h3,6,11H,4-5,7-8H2,1-2H3. The first kappa shape index (κ1) is 8.54. The lowest BCUT2D eigenvalue weighted by Gasteiger charge is -2.10. The highest BCUT2D eigenvalue weighted by Gasteiger charge is 2.00. The predicted octanol–water partition coefficient (Wildman–Crippen LogP) is 2.26. The van der Waals surface area contributed by atoms with Gasteiger partial charge in [-0.25, -0.2) is 0 Å². The van der Waals surface area contributed by atoms with Gasteiger partial charge in [-0.15, -0.1) is 0 Å². The lowest BCUT2D eigenvalue weighted by Crippen LogP contribution is -2.08. The molecule has 0 aromatic carbocycles. The van der Waals surface area contributed by atoms with Gasteiger partial charge in [0.1, 0.15) is 0 Å². The van der Waals surface area contributed by atoms with Crippen LogP contribution in [-0.4, -0.2) is 13.6 Å². The summed E-state index contributed by atoms with van der Waals surface area (Å²) in [4.78, 5) is 0. The largest absolute Gasteiger partial charge is 0.319 e. The van der Waals surface area contributed by atoms with Gasteiger partial charge in [-0.05, 0) is 39.8 Å². The van der Waals surface area contributed by atoms with Crippen molar-refractivity contribution in [2.24, 2.45) is 0 Å². The molecule has 0 spiro atoms. The molecule has 0 aromatic heterocycles. The second-order valence-corrected chi connectivity index (χ2v) is 3.17. The Morgan fingerprint density at radius 3 is 2.73 bits per heavy atom. The van der Waals surface area contributed by atoms with Crippen LogP contribution in [0.2, 0.25) is 0 Å². The normalized spacial score (nSPS) is 17.6. The Balaban J connectivity index is 2.27. The number of rotatable bonds is 3. The lowest BCUT2D eigenvalue weighted by molar-refractivity contribution is 0.768. The first-order chi connectivity index (χ1) is 5.33. The Bertz CT molecular complexity index is 177. The van der Waals surface area contributed by atoms with Crippen molar-refractivity contribution in [1.29, 1.82) is 0 Å². The van der Waals surface area contributed by atoms with Gasteiger partial charge in [0.05, 0.1) is 0 Å². The summed E-state index contributed by atoms with van der Waals surface area (Å²) in [7, 11) is 2.00. The third-order valence-corrected chi connectivity index (χ3v) is 2.12. The van der Waals surface area contributed by atoms with Crippen molar-refractivity contribution < 1.29 is 0 Å². The number of nitrogens with one attached hydrogen (secondary N) is 1. The van der Waals surface area contributed by atoms with Gasteiger partial charge in [-0.2, -0.15) is 0 Å². The molecule has 0 fully saturated rings. The minimum Gasteiger partial charge on any atom is -0.319 e. The van der Waals surface area contributed by atoms with Crippen LogP contribution in [0.4, 0.5) is 0 Å². The van der Waals surface area contributed by atoms with E-state index < -0.39 is 0 Å². The second kappa shape index (κ2) is 4.35. The minimum absolute atomic E-state index is 1.11. The zero-order chi connectivity index (χ0) is 8.10. The second-order valence-electron chi connectivity index (χ2n) is 3.17. The Labute approximate surface area is 69.2 Å². The molecule has 1 heteroatoms. The maximum Gasteiger partial charge on any atom is -0.00145 e. The van der Waals surface area contributed by atoms with E-state index in [1.165, 1.54) is 24.8 Å². The van der Waals surface area contributed by atoms with Crippen molar-refractivity contribution in [3.63, 3.8) is 0 Å². The van der Waals surface area contributed by atoms with Crippen LogP contribution in [-0.2, 0) is 0 Å². The molecule has 0 radical (unpaired) electrons. The third-order valence-electron chi connectivity index (χ3n) is 2.12. The zero-order valence-corrected chi connectivity index (χ0v) is 7.48. The molecule has 0 saturated carbocycles. The van der Waals surface area contributed by atoms with Crippen LogP contribution in [0.15, 0.2) is 23.3 Å². The zero-order valence-electron chi connectivity index (χ0n) is 7.48. The van der Waals surface area contributed by atoms with E-state index >= 15 is 0 Å². The molecule has 0 unspecified atom stereocenters. The predicted molar refractivity (Wildman–Crippen MR) is 49.6 cm³/mol. The van der Waals surface area contributed by atoms with Gasteiger partial charge in [0.15, 0.2) is 0 Å². The summed E-state index contributed by atoms with van der Waals surface area (Å²) in [6, 6.07) is 0. The van der Waals surface area contributed by atoms with Crippen molar-refractivity contribution in [3.8, 4) is 0 Å². The molecule has 0 aromatic rings. The molecule has 1 nitrogen and oxygen atoms in total. The molecule has 0 bridgehead atoms. The molecule has 0 atom stereocenters. The third kappa shape index (κ3) is 2.89. The molecule has 0 saturated heterocycles. The Hall–Kier alpha value is -0.560. The summed E-state index contributed by atoms with van der Waals surface area (Å²) in [6.45, 7) is 3.31. The summed E-state index contributed by atoms with van der Waals surface area (Å²) in [5.74, 6) is 0. The van der Waals surface area contributed by atoms with Crippen LogP contribution < -0.4 is 5.32 Å². The van der Waals surface area contributed by atoms with Gasteiger partial charge >= 0.3 is 0 Å². The molecule has 62 valence electrons. The molecule has 0 aliphatic heterocycles. The fraction of sp³-hybridized carbons (Fsp3) is 0.600. The summed E-state index contributed by atoms with van der Waals surface area (Å²) in [5.41, 5.74) is 3.10. The molecule has 1 N–H and O–H groups in total. The molecule has 0 amide bonds. The average molecular weight is 151 g/mol. The van der Waals surface area contributed by atoms with Crippen molar-refractivity contribution in [2.75, 3.05) is 13.6 Å². The highest BCUT2D eigenvalue weighted by Crippen LogP contribution is 2.18. The van der Waals surface area contributed by atoms with Gasteiger partial charge in [0.2, 0.25) is 0 Å². The average Bonchev–Trinajstić information content (AvgIpc) is 2.04. The van der Waals surface area contributed by atoms with Crippen LogP contribution in [0.25, 0.3) is 0 Å². The van der Waals surface area contributed by atoms with Crippen LogP contribution in [0.5, 0.6) is 0 Å². The van der Waals surface area contributed by atoms with Gasteiger partial charge in [0.25, 0.3) is 0 Å². The molecule has 0 heterocycles. The highest BCUT2D eigenvalue weighted by atomic mass is 14.8. The molecule has 1 aliphatic rings. The van der Waals surface area contributed by atoms with E-state index in [0.717, 1.165) is 6.54 Å². The summed E-state index contributed by atoms with van der Waals surface area (Å²) >= 11 is 0. The summed E-state index contributed by atoms with van der Waals surface area (Å²) in [5, 5.41) is 3.16. The smallest absolute Gasteiger partial charge is 0.00145 e. The number of hydrogen-bond acceptors (Lipinski definition) is 1. The fourth-order valence-corrected chi connectivity index (χ4v) is 1.27.